The first-order valence-corrected chi connectivity index (χ1v) is 9.44. The van der Waals surface area contributed by atoms with Crippen LogP contribution in [0.5, 0.6) is 0 Å². The molecule has 0 bridgehead atoms. The molecule has 2 heterocycles. The van der Waals surface area contributed by atoms with E-state index in [1.807, 2.05) is 12.1 Å². The van der Waals surface area contributed by atoms with Crippen LogP contribution in [0.25, 0.3) is 10.8 Å². The standard InChI is InChI=1S/C19H12N2O4S/c22-18-13-7-1-2-8-14(13)19(23)20(18)11-21-15-9-3-5-12-6-4-10-16(17(12)15)26(21,24)25/h1-10H,11H2. The van der Waals surface area contributed by atoms with Gasteiger partial charge in [-0.3, -0.25) is 14.5 Å². The first kappa shape index (κ1) is 15.1. The predicted molar refractivity (Wildman–Crippen MR) is 95.4 cm³/mol. The molecule has 0 fully saturated rings. The quantitative estimate of drug-likeness (QED) is 0.655. The fourth-order valence-electron chi connectivity index (χ4n) is 3.61. The molecular formula is C19H12N2O4S. The number of rotatable bonds is 2. The van der Waals surface area contributed by atoms with Gasteiger partial charge in [-0.1, -0.05) is 36.4 Å². The molecule has 2 aliphatic heterocycles. The molecule has 3 aromatic carbocycles. The second kappa shape index (κ2) is 4.92. The van der Waals surface area contributed by atoms with E-state index in [1.165, 1.54) is 0 Å². The third-order valence-corrected chi connectivity index (χ3v) is 6.62. The van der Waals surface area contributed by atoms with Crippen LogP contribution in [0.3, 0.4) is 0 Å². The third-order valence-electron chi connectivity index (χ3n) is 4.83. The molecule has 0 saturated carbocycles. The van der Waals surface area contributed by atoms with E-state index in [1.54, 1.807) is 48.5 Å². The number of nitrogens with zero attached hydrogens (tertiary/aromatic N) is 2. The average molecular weight is 364 g/mol. The summed E-state index contributed by atoms with van der Waals surface area (Å²) >= 11 is 0. The summed E-state index contributed by atoms with van der Waals surface area (Å²) in [4.78, 5) is 26.4. The molecule has 0 spiro atoms. The minimum Gasteiger partial charge on any atom is -0.269 e. The highest BCUT2D eigenvalue weighted by Crippen LogP contribution is 2.42. The summed E-state index contributed by atoms with van der Waals surface area (Å²) in [7, 11) is -3.83. The van der Waals surface area contributed by atoms with Crippen LogP contribution >= 0.6 is 0 Å². The Morgan fingerprint density at radius 1 is 0.769 bits per heavy atom. The van der Waals surface area contributed by atoms with Crippen molar-refractivity contribution >= 4 is 38.3 Å². The number of imide groups is 1. The average Bonchev–Trinajstić information content (AvgIpc) is 3.02. The third kappa shape index (κ3) is 1.78. The Morgan fingerprint density at radius 3 is 2.04 bits per heavy atom. The summed E-state index contributed by atoms with van der Waals surface area (Å²) in [6.07, 6.45) is 0. The van der Waals surface area contributed by atoms with E-state index >= 15 is 0 Å². The molecule has 26 heavy (non-hydrogen) atoms. The summed E-state index contributed by atoms with van der Waals surface area (Å²) in [6, 6.07) is 16.9. The second-order valence-electron chi connectivity index (χ2n) is 6.21. The molecule has 5 rings (SSSR count). The SMILES string of the molecule is O=C1c2ccccc2C(=O)N1CN1c2cccc3cccc(c23)S1(=O)=O. The van der Waals surface area contributed by atoms with Crippen LogP contribution < -0.4 is 4.31 Å². The summed E-state index contributed by atoms with van der Waals surface area (Å²) in [6.45, 7) is -0.345. The molecule has 0 aliphatic carbocycles. The number of anilines is 1. The van der Waals surface area contributed by atoms with Gasteiger partial charge in [-0.2, -0.15) is 0 Å². The summed E-state index contributed by atoms with van der Waals surface area (Å²) in [5.41, 5.74) is 1.07. The number of carbonyl (C=O) groups is 2. The Bertz CT molecular complexity index is 1190. The Labute approximate surface area is 149 Å². The van der Waals surface area contributed by atoms with Crippen LogP contribution in [0.15, 0.2) is 65.6 Å². The Kier molecular flexibility index (Phi) is 2.86. The lowest BCUT2D eigenvalue weighted by atomic mass is 10.1. The molecule has 128 valence electrons. The van der Waals surface area contributed by atoms with Crippen LogP contribution in [-0.2, 0) is 10.0 Å². The van der Waals surface area contributed by atoms with E-state index in [4.69, 9.17) is 0 Å². The second-order valence-corrected chi connectivity index (χ2v) is 8.04. The van der Waals surface area contributed by atoms with E-state index in [-0.39, 0.29) is 11.6 Å². The van der Waals surface area contributed by atoms with Crippen molar-refractivity contribution in [2.45, 2.75) is 4.90 Å². The van der Waals surface area contributed by atoms with E-state index in [0.717, 1.165) is 14.6 Å². The van der Waals surface area contributed by atoms with E-state index in [9.17, 15) is 18.0 Å². The largest absolute Gasteiger partial charge is 0.269 e. The predicted octanol–water partition coefficient (Wildman–Crippen LogP) is 2.60. The van der Waals surface area contributed by atoms with Gasteiger partial charge in [-0.05, 0) is 29.7 Å². The van der Waals surface area contributed by atoms with Crippen molar-refractivity contribution in [3.8, 4) is 0 Å². The maximum atomic E-state index is 13.0. The molecule has 0 unspecified atom stereocenters. The van der Waals surface area contributed by atoms with Gasteiger partial charge < -0.3 is 0 Å². The smallest absolute Gasteiger partial charge is 0.266 e. The minimum atomic E-state index is -3.83. The summed E-state index contributed by atoms with van der Waals surface area (Å²) in [5.74, 6) is -0.965. The molecule has 0 saturated heterocycles. The van der Waals surface area contributed by atoms with Gasteiger partial charge in [0.2, 0.25) is 0 Å². The van der Waals surface area contributed by atoms with Crippen LogP contribution in [-0.4, -0.2) is 31.8 Å². The maximum Gasteiger partial charge on any atom is 0.266 e. The topological polar surface area (TPSA) is 74.8 Å². The Hall–Kier alpha value is -3.19. The lowest BCUT2D eigenvalue weighted by molar-refractivity contribution is 0.0660. The fourth-order valence-corrected chi connectivity index (χ4v) is 5.25. The molecule has 7 heteroatoms. The lowest BCUT2D eigenvalue weighted by Gasteiger charge is -2.24. The Balaban J connectivity index is 1.62. The monoisotopic (exact) mass is 364 g/mol. The zero-order valence-corrected chi connectivity index (χ0v) is 14.2. The van der Waals surface area contributed by atoms with Crippen molar-refractivity contribution in [1.82, 2.24) is 4.90 Å². The fraction of sp³-hybridized carbons (Fsp3) is 0.0526. The number of hydrogen-bond donors (Lipinski definition) is 0. The van der Waals surface area contributed by atoms with Crippen LogP contribution in [0.1, 0.15) is 20.7 Å². The van der Waals surface area contributed by atoms with E-state index in [0.29, 0.717) is 22.2 Å². The minimum absolute atomic E-state index is 0.196. The van der Waals surface area contributed by atoms with Gasteiger partial charge in [0.15, 0.2) is 0 Å². The van der Waals surface area contributed by atoms with E-state index in [2.05, 4.69) is 0 Å². The van der Waals surface area contributed by atoms with Crippen molar-refractivity contribution in [3.63, 3.8) is 0 Å². The molecular weight excluding hydrogens is 352 g/mol. The van der Waals surface area contributed by atoms with Crippen molar-refractivity contribution < 1.29 is 18.0 Å². The lowest BCUT2D eigenvalue weighted by Crippen LogP contribution is -2.42. The van der Waals surface area contributed by atoms with Crippen LogP contribution in [0, 0.1) is 0 Å². The van der Waals surface area contributed by atoms with Gasteiger partial charge in [0.05, 0.1) is 21.7 Å². The van der Waals surface area contributed by atoms with Gasteiger partial charge in [0, 0.05) is 5.39 Å². The highest BCUT2D eigenvalue weighted by Gasteiger charge is 2.42. The molecule has 2 amide bonds. The van der Waals surface area contributed by atoms with Crippen molar-refractivity contribution in [3.05, 3.63) is 71.8 Å². The molecule has 3 aromatic rings. The summed E-state index contributed by atoms with van der Waals surface area (Å²) < 4.78 is 27.2. The number of amides is 2. The molecule has 0 atom stereocenters. The first-order valence-electron chi connectivity index (χ1n) is 8.00. The highest BCUT2D eigenvalue weighted by molar-refractivity contribution is 7.93. The zero-order chi connectivity index (χ0) is 18.1. The molecule has 2 aliphatic rings. The van der Waals surface area contributed by atoms with E-state index < -0.39 is 21.8 Å². The Morgan fingerprint density at radius 2 is 1.38 bits per heavy atom. The normalized spacial score (nSPS) is 17.2. The van der Waals surface area contributed by atoms with Crippen molar-refractivity contribution in [1.29, 1.82) is 0 Å². The molecule has 0 radical (unpaired) electrons. The number of hydrogen-bond acceptors (Lipinski definition) is 4. The molecule has 0 aromatic heterocycles. The van der Waals surface area contributed by atoms with Gasteiger partial charge in [0.25, 0.3) is 21.8 Å². The molecule has 0 N–H and O–H groups in total. The van der Waals surface area contributed by atoms with Gasteiger partial charge >= 0.3 is 0 Å². The summed E-state index contributed by atoms with van der Waals surface area (Å²) in [5, 5.41) is 1.42. The number of fused-ring (bicyclic) bond motifs is 1. The molecule has 6 nitrogen and oxygen atoms in total. The first-order chi connectivity index (χ1) is 12.5. The maximum absolute atomic E-state index is 13.0. The number of carbonyl (C=O) groups excluding carboxylic acids is 2. The van der Waals surface area contributed by atoms with Crippen LogP contribution in [0.2, 0.25) is 0 Å². The van der Waals surface area contributed by atoms with Crippen molar-refractivity contribution in [2.24, 2.45) is 0 Å². The van der Waals surface area contributed by atoms with Crippen LogP contribution in [0.4, 0.5) is 5.69 Å². The number of benzene rings is 3. The highest BCUT2D eigenvalue weighted by atomic mass is 32.2. The number of sulfonamides is 1. The van der Waals surface area contributed by atoms with Crippen molar-refractivity contribution in [2.75, 3.05) is 11.0 Å². The van der Waals surface area contributed by atoms with Gasteiger partial charge in [-0.25, -0.2) is 12.7 Å². The van der Waals surface area contributed by atoms with Gasteiger partial charge in [0.1, 0.15) is 6.67 Å². The zero-order valence-electron chi connectivity index (χ0n) is 13.4. The van der Waals surface area contributed by atoms with Gasteiger partial charge in [-0.15, -0.1) is 0 Å².